The summed E-state index contributed by atoms with van der Waals surface area (Å²) in [6.45, 7) is 2.83. The summed E-state index contributed by atoms with van der Waals surface area (Å²) in [5.41, 5.74) is 2.12. The van der Waals surface area contributed by atoms with Gasteiger partial charge >= 0.3 is 0 Å². The third-order valence-corrected chi connectivity index (χ3v) is 3.73. The quantitative estimate of drug-likeness (QED) is 0.870. The van der Waals surface area contributed by atoms with Crippen LogP contribution in [0.15, 0.2) is 40.9 Å². The lowest BCUT2D eigenvalue weighted by Gasteiger charge is -2.26. The van der Waals surface area contributed by atoms with Gasteiger partial charge in [-0.3, -0.25) is 4.79 Å². The van der Waals surface area contributed by atoms with Gasteiger partial charge in [0, 0.05) is 19.2 Å². The van der Waals surface area contributed by atoms with Crippen molar-refractivity contribution in [3.63, 3.8) is 0 Å². The Morgan fingerprint density at radius 3 is 2.78 bits per heavy atom. The van der Waals surface area contributed by atoms with Crippen molar-refractivity contribution in [2.75, 3.05) is 19.7 Å². The number of amides is 1. The molecule has 0 unspecified atom stereocenters. The zero-order valence-electron chi connectivity index (χ0n) is 12.8. The third-order valence-electron chi connectivity index (χ3n) is 3.73. The summed E-state index contributed by atoms with van der Waals surface area (Å²) in [5, 5.41) is 3.68. The molecule has 5 nitrogen and oxygen atoms in total. The van der Waals surface area contributed by atoms with Crippen molar-refractivity contribution in [2.45, 2.75) is 13.3 Å². The van der Waals surface area contributed by atoms with Gasteiger partial charge in [0.05, 0.1) is 0 Å². The van der Waals surface area contributed by atoms with E-state index in [1.165, 1.54) is 12.1 Å². The van der Waals surface area contributed by atoms with Gasteiger partial charge in [-0.1, -0.05) is 18.2 Å². The molecule has 0 saturated heterocycles. The molecule has 1 aromatic carbocycles. The number of rotatable bonds is 4. The van der Waals surface area contributed by atoms with Crippen molar-refractivity contribution in [1.29, 1.82) is 0 Å². The van der Waals surface area contributed by atoms with Crippen molar-refractivity contribution >= 4 is 11.5 Å². The monoisotopic (exact) mass is 316 g/mol. The highest BCUT2D eigenvalue weighted by Gasteiger charge is 2.18. The molecule has 2 aromatic rings. The van der Waals surface area contributed by atoms with E-state index in [2.05, 4.69) is 5.16 Å². The fraction of sp³-hybridized carbons (Fsp3) is 0.294. The SMILES string of the molecule is Cc1cc(OCC(=O)N2CC=C(c3ccc(F)cc3)CC2)no1. The molecule has 0 fully saturated rings. The lowest BCUT2D eigenvalue weighted by Crippen LogP contribution is -2.37. The molecule has 0 spiro atoms. The summed E-state index contributed by atoms with van der Waals surface area (Å²) in [7, 11) is 0. The van der Waals surface area contributed by atoms with Gasteiger partial charge in [-0.05, 0) is 41.8 Å². The summed E-state index contributed by atoms with van der Waals surface area (Å²) >= 11 is 0. The molecular formula is C17H17FN2O3. The van der Waals surface area contributed by atoms with E-state index < -0.39 is 0 Å². The smallest absolute Gasteiger partial charge is 0.260 e. The Balaban J connectivity index is 1.55. The van der Waals surface area contributed by atoms with Crippen LogP contribution in [-0.4, -0.2) is 35.7 Å². The minimum Gasteiger partial charge on any atom is -0.465 e. The van der Waals surface area contributed by atoms with Crippen molar-refractivity contribution in [3.05, 3.63) is 53.5 Å². The van der Waals surface area contributed by atoms with E-state index in [1.54, 1.807) is 30.0 Å². The van der Waals surface area contributed by atoms with Crippen LogP contribution in [0, 0.1) is 12.7 Å². The molecule has 120 valence electrons. The highest BCUT2D eigenvalue weighted by Crippen LogP contribution is 2.22. The van der Waals surface area contributed by atoms with E-state index >= 15 is 0 Å². The predicted octanol–water partition coefficient (Wildman–Crippen LogP) is 2.82. The highest BCUT2D eigenvalue weighted by atomic mass is 19.1. The Morgan fingerprint density at radius 1 is 1.39 bits per heavy atom. The fourth-order valence-corrected chi connectivity index (χ4v) is 2.46. The van der Waals surface area contributed by atoms with Crippen molar-refractivity contribution < 1.29 is 18.4 Å². The molecule has 0 atom stereocenters. The van der Waals surface area contributed by atoms with Gasteiger partial charge in [0.25, 0.3) is 11.8 Å². The number of benzene rings is 1. The van der Waals surface area contributed by atoms with E-state index in [1.807, 2.05) is 6.08 Å². The maximum absolute atomic E-state index is 12.9. The van der Waals surface area contributed by atoms with Crippen LogP contribution in [0.1, 0.15) is 17.7 Å². The second-order valence-electron chi connectivity index (χ2n) is 5.39. The minimum absolute atomic E-state index is 0.0638. The zero-order chi connectivity index (χ0) is 16.2. The van der Waals surface area contributed by atoms with Gasteiger partial charge in [-0.15, -0.1) is 0 Å². The van der Waals surface area contributed by atoms with Crippen LogP contribution in [0.5, 0.6) is 5.88 Å². The molecule has 0 aliphatic carbocycles. The number of aryl methyl sites for hydroxylation is 1. The topological polar surface area (TPSA) is 55.6 Å². The molecule has 3 rings (SSSR count). The standard InChI is InChI=1S/C17H17FN2O3/c1-12-10-16(19-23-12)22-11-17(21)20-8-6-14(7-9-20)13-2-4-15(18)5-3-13/h2-6,10H,7-9,11H2,1H3. The first kappa shape index (κ1) is 15.3. The highest BCUT2D eigenvalue weighted by molar-refractivity contribution is 5.79. The second kappa shape index (κ2) is 6.64. The molecular weight excluding hydrogens is 299 g/mol. The van der Waals surface area contributed by atoms with Crippen LogP contribution in [0.2, 0.25) is 0 Å². The van der Waals surface area contributed by atoms with Gasteiger partial charge in [0.2, 0.25) is 0 Å². The molecule has 0 N–H and O–H groups in total. The van der Waals surface area contributed by atoms with Crippen molar-refractivity contribution in [1.82, 2.24) is 10.1 Å². The summed E-state index contributed by atoms with van der Waals surface area (Å²) in [4.78, 5) is 13.9. The minimum atomic E-state index is -0.248. The number of halogens is 1. The molecule has 0 radical (unpaired) electrons. The molecule has 0 saturated carbocycles. The molecule has 0 bridgehead atoms. The first-order valence-corrected chi connectivity index (χ1v) is 7.41. The number of carbonyl (C=O) groups is 1. The summed E-state index contributed by atoms with van der Waals surface area (Å²) in [6, 6.07) is 8.04. The number of aromatic nitrogens is 1. The number of hydrogen-bond acceptors (Lipinski definition) is 4. The van der Waals surface area contributed by atoms with Gasteiger partial charge in [0.1, 0.15) is 11.6 Å². The van der Waals surface area contributed by atoms with Crippen LogP contribution in [0.4, 0.5) is 4.39 Å². The number of nitrogens with zero attached hydrogens (tertiary/aromatic N) is 2. The molecule has 1 aromatic heterocycles. The number of ether oxygens (including phenoxy) is 1. The Morgan fingerprint density at radius 2 is 2.17 bits per heavy atom. The number of carbonyl (C=O) groups excluding carboxylic acids is 1. The van der Waals surface area contributed by atoms with E-state index in [0.29, 0.717) is 24.7 Å². The lowest BCUT2D eigenvalue weighted by atomic mass is 9.99. The van der Waals surface area contributed by atoms with E-state index in [-0.39, 0.29) is 18.3 Å². The van der Waals surface area contributed by atoms with Gasteiger partial charge in [0.15, 0.2) is 6.61 Å². The lowest BCUT2D eigenvalue weighted by molar-refractivity contribution is -0.133. The summed E-state index contributed by atoms with van der Waals surface area (Å²) in [6.07, 6.45) is 2.73. The average Bonchev–Trinajstić information content (AvgIpc) is 2.99. The molecule has 1 amide bonds. The fourth-order valence-electron chi connectivity index (χ4n) is 2.46. The summed E-state index contributed by atoms with van der Waals surface area (Å²) in [5.74, 6) is 0.606. The second-order valence-corrected chi connectivity index (χ2v) is 5.39. The molecule has 23 heavy (non-hydrogen) atoms. The van der Waals surface area contributed by atoms with Crippen molar-refractivity contribution in [2.24, 2.45) is 0 Å². The van der Waals surface area contributed by atoms with E-state index in [4.69, 9.17) is 9.26 Å². The Labute approximate surface area is 133 Å². The average molecular weight is 316 g/mol. The van der Waals surface area contributed by atoms with Crippen molar-refractivity contribution in [3.8, 4) is 5.88 Å². The third kappa shape index (κ3) is 3.77. The van der Waals surface area contributed by atoms with E-state index in [0.717, 1.165) is 17.6 Å². The van der Waals surface area contributed by atoms with Gasteiger partial charge < -0.3 is 14.2 Å². The molecule has 1 aliphatic heterocycles. The largest absolute Gasteiger partial charge is 0.465 e. The van der Waals surface area contributed by atoms with Crippen LogP contribution in [0.3, 0.4) is 0 Å². The zero-order valence-corrected chi connectivity index (χ0v) is 12.8. The van der Waals surface area contributed by atoms with E-state index in [9.17, 15) is 9.18 Å². The van der Waals surface area contributed by atoms with Crippen LogP contribution >= 0.6 is 0 Å². The normalized spacial score (nSPS) is 14.5. The van der Waals surface area contributed by atoms with Crippen LogP contribution in [-0.2, 0) is 4.79 Å². The predicted molar refractivity (Wildman–Crippen MR) is 82.3 cm³/mol. The first-order valence-electron chi connectivity index (χ1n) is 7.41. The molecule has 1 aliphatic rings. The van der Waals surface area contributed by atoms with Gasteiger partial charge in [-0.2, -0.15) is 0 Å². The molecule has 2 heterocycles. The number of hydrogen-bond donors (Lipinski definition) is 0. The Bertz CT molecular complexity index is 722. The maximum Gasteiger partial charge on any atom is 0.260 e. The molecule has 6 heteroatoms. The first-order chi connectivity index (χ1) is 11.1. The maximum atomic E-state index is 12.9. The van der Waals surface area contributed by atoms with Crippen LogP contribution < -0.4 is 4.74 Å². The van der Waals surface area contributed by atoms with Crippen LogP contribution in [0.25, 0.3) is 5.57 Å². The Hall–Kier alpha value is -2.63. The van der Waals surface area contributed by atoms with Gasteiger partial charge in [-0.25, -0.2) is 4.39 Å². The summed E-state index contributed by atoms with van der Waals surface area (Å²) < 4.78 is 23.1. The Kier molecular flexibility index (Phi) is 4.41.